The summed E-state index contributed by atoms with van der Waals surface area (Å²) in [6.07, 6.45) is 6.85. The molecule has 0 fully saturated rings. The normalized spacial score (nSPS) is 12.1. The van der Waals surface area contributed by atoms with E-state index < -0.39 is 0 Å². The van der Waals surface area contributed by atoms with Crippen molar-refractivity contribution in [1.29, 1.82) is 0 Å². The van der Waals surface area contributed by atoms with E-state index in [9.17, 15) is 0 Å². The van der Waals surface area contributed by atoms with Gasteiger partial charge in [-0.15, -0.1) is 0 Å². The first-order valence-corrected chi connectivity index (χ1v) is 14.1. The summed E-state index contributed by atoms with van der Waals surface area (Å²) >= 11 is 0. The van der Waals surface area contributed by atoms with Crippen molar-refractivity contribution in [3.63, 3.8) is 0 Å². The standard InChI is InChI=1S/C32H22N12/c1-15-37-16(2)40-28(39-15)23(29-41-17(3)38-18(4)42-29)32-43-26-19(7-5-9-21(26)24-30(43)35-13-11-33-24)20-8-6-10-22-25-31(36-14-12-34-25)44(32)27(20)22/h5-14H,1-4H3. The van der Waals surface area contributed by atoms with Gasteiger partial charge in [-0.2, -0.15) is 0 Å². The summed E-state index contributed by atoms with van der Waals surface area (Å²) in [6.45, 7) is 7.41. The van der Waals surface area contributed by atoms with Crippen LogP contribution in [0, 0.1) is 27.7 Å². The van der Waals surface area contributed by atoms with Crippen LogP contribution in [0.1, 0.15) is 34.9 Å². The second-order valence-corrected chi connectivity index (χ2v) is 10.7. The van der Waals surface area contributed by atoms with Crippen LogP contribution < -0.4 is 5.48 Å². The molecule has 7 heterocycles. The van der Waals surface area contributed by atoms with E-state index in [1.807, 2.05) is 27.7 Å². The zero-order valence-electron chi connectivity index (χ0n) is 24.1. The summed E-state index contributed by atoms with van der Waals surface area (Å²) in [6, 6.07) is 12.5. The fourth-order valence-corrected chi connectivity index (χ4v) is 6.46. The maximum absolute atomic E-state index is 4.90. The Bertz CT molecular complexity index is 2500. The predicted molar refractivity (Wildman–Crippen MR) is 165 cm³/mol. The van der Waals surface area contributed by atoms with Crippen LogP contribution in [-0.2, 0) is 0 Å². The molecule has 0 atom stereocenters. The molecule has 0 aliphatic heterocycles. The largest absolute Gasteiger partial charge is 0.276 e. The number of aryl methyl sites for hydroxylation is 4. The summed E-state index contributed by atoms with van der Waals surface area (Å²) in [7, 11) is 0. The topological polar surface area (TPSA) is 138 Å². The lowest BCUT2D eigenvalue weighted by Gasteiger charge is -2.10. The minimum Gasteiger partial charge on any atom is -0.276 e. The number of aromatic nitrogens is 12. The number of rotatable bonds is 2. The van der Waals surface area contributed by atoms with Gasteiger partial charge in [0.1, 0.15) is 45.4 Å². The Kier molecular flexibility index (Phi) is 4.87. The van der Waals surface area contributed by atoms with Gasteiger partial charge >= 0.3 is 0 Å². The minimum absolute atomic E-state index is 0.421. The Labute approximate surface area is 248 Å². The van der Waals surface area contributed by atoms with Crippen molar-refractivity contribution in [1.82, 2.24) is 58.6 Å². The molecule has 2 aromatic carbocycles. The molecule has 0 saturated carbocycles. The second-order valence-electron chi connectivity index (χ2n) is 10.7. The average Bonchev–Trinajstić information content (AvgIpc) is 3.48. The van der Waals surface area contributed by atoms with Crippen LogP contribution in [0.25, 0.3) is 60.5 Å². The number of hydrogen-bond donors (Lipinski definition) is 0. The van der Waals surface area contributed by atoms with Gasteiger partial charge in [-0.05, 0) is 27.7 Å². The molecule has 9 aromatic rings. The SMILES string of the molecule is Cc1nc(C)nc(C(c2nc(C)nc(C)n2)=c2n3c4nccnc4c4cccc(c5cccc6c7nccnc7n2c56)c43)n1. The van der Waals surface area contributed by atoms with E-state index in [0.29, 0.717) is 57.3 Å². The maximum atomic E-state index is 4.90. The number of benzene rings is 2. The molecule has 0 bridgehead atoms. The first-order valence-electron chi connectivity index (χ1n) is 14.1. The molecular formula is C32H22N12. The molecule has 0 radical (unpaired) electrons. The third-order valence-electron chi connectivity index (χ3n) is 7.91. The Balaban J connectivity index is 1.77. The highest BCUT2D eigenvalue weighted by Gasteiger charge is 2.25. The minimum atomic E-state index is 0.421. The van der Waals surface area contributed by atoms with Gasteiger partial charge in [-0.3, -0.25) is 18.8 Å². The molecule has 210 valence electrons. The summed E-state index contributed by atoms with van der Waals surface area (Å²) in [5.74, 6) is 3.15. The van der Waals surface area contributed by atoms with E-state index in [-0.39, 0.29) is 0 Å². The molecule has 0 aliphatic carbocycles. The lowest BCUT2D eigenvalue weighted by Crippen LogP contribution is -2.27. The number of para-hydroxylation sites is 2. The van der Waals surface area contributed by atoms with Gasteiger partial charge in [0.2, 0.25) is 0 Å². The third-order valence-corrected chi connectivity index (χ3v) is 7.91. The maximum Gasteiger partial charge on any atom is 0.170 e. The van der Waals surface area contributed by atoms with E-state index in [0.717, 1.165) is 43.6 Å². The molecule has 7 aromatic heterocycles. The van der Waals surface area contributed by atoms with Gasteiger partial charge in [-0.1, -0.05) is 36.4 Å². The van der Waals surface area contributed by atoms with Crippen molar-refractivity contribution in [3.05, 3.63) is 102 Å². The van der Waals surface area contributed by atoms with E-state index in [1.54, 1.807) is 24.8 Å². The van der Waals surface area contributed by atoms with Crippen LogP contribution in [0.5, 0.6) is 0 Å². The summed E-state index contributed by atoms with van der Waals surface area (Å²) in [5, 5.41) is 3.98. The Morgan fingerprint density at radius 1 is 0.477 bits per heavy atom. The van der Waals surface area contributed by atoms with Crippen molar-refractivity contribution in [2.45, 2.75) is 27.7 Å². The lowest BCUT2D eigenvalue weighted by atomic mass is 10.1. The van der Waals surface area contributed by atoms with Gasteiger partial charge in [0.05, 0.1) is 11.0 Å². The fraction of sp³-hybridized carbons (Fsp3) is 0.125. The number of fused-ring (bicyclic) bond motifs is 7. The zero-order chi connectivity index (χ0) is 29.7. The van der Waals surface area contributed by atoms with Gasteiger partial charge in [0.25, 0.3) is 0 Å². The predicted octanol–water partition coefficient (Wildman–Crippen LogP) is 3.95. The number of nitrogens with zero attached hydrogens (tertiary/aromatic N) is 12. The summed E-state index contributed by atoms with van der Waals surface area (Å²) < 4.78 is 4.25. The lowest BCUT2D eigenvalue weighted by molar-refractivity contribution is 0.864. The van der Waals surface area contributed by atoms with Crippen LogP contribution in [0.3, 0.4) is 0 Å². The molecule has 0 aliphatic rings. The second kappa shape index (κ2) is 8.74. The molecule has 44 heavy (non-hydrogen) atoms. The summed E-state index contributed by atoms with van der Waals surface area (Å²) in [5.41, 5.74) is 6.00. The van der Waals surface area contributed by atoms with E-state index in [4.69, 9.17) is 39.9 Å². The molecule has 12 nitrogen and oxygen atoms in total. The molecule has 0 amide bonds. The van der Waals surface area contributed by atoms with E-state index >= 15 is 0 Å². The van der Waals surface area contributed by atoms with Crippen molar-refractivity contribution in [2.75, 3.05) is 0 Å². The van der Waals surface area contributed by atoms with E-state index in [2.05, 4.69) is 55.2 Å². The molecular weight excluding hydrogens is 552 g/mol. The highest BCUT2D eigenvalue weighted by atomic mass is 15.1. The van der Waals surface area contributed by atoms with Crippen molar-refractivity contribution in [3.8, 4) is 0 Å². The van der Waals surface area contributed by atoms with Gasteiger partial charge < -0.3 is 0 Å². The van der Waals surface area contributed by atoms with Crippen LogP contribution >= 0.6 is 0 Å². The first-order chi connectivity index (χ1) is 21.5. The highest BCUT2D eigenvalue weighted by molar-refractivity contribution is 6.22. The van der Waals surface area contributed by atoms with E-state index in [1.165, 1.54) is 0 Å². The molecule has 0 N–H and O–H groups in total. The van der Waals surface area contributed by atoms with Crippen LogP contribution in [0.4, 0.5) is 0 Å². The highest BCUT2D eigenvalue weighted by Crippen LogP contribution is 2.36. The van der Waals surface area contributed by atoms with Crippen molar-refractivity contribution in [2.24, 2.45) is 0 Å². The Morgan fingerprint density at radius 3 is 1.30 bits per heavy atom. The smallest absolute Gasteiger partial charge is 0.170 e. The van der Waals surface area contributed by atoms with Gasteiger partial charge in [-0.25, -0.2) is 39.9 Å². The van der Waals surface area contributed by atoms with Crippen molar-refractivity contribution >= 4 is 60.5 Å². The molecule has 9 rings (SSSR count). The van der Waals surface area contributed by atoms with Gasteiger partial charge in [0, 0.05) is 46.3 Å². The zero-order valence-corrected chi connectivity index (χ0v) is 24.1. The Hall–Kier alpha value is -6.04. The molecule has 0 unspecified atom stereocenters. The fourth-order valence-electron chi connectivity index (χ4n) is 6.46. The third kappa shape index (κ3) is 3.27. The van der Waals surface area contributed by atoms with Crippen LogP contribution in [0.15, 0.2) is 61.2 Å². The summed E-state index contributed by atoms with van der Waals surface area (Å²) in [4.78, 5) is 47.8. The van der Waals surface area contributed by atoms with Crippen LogP contribution in [-0.4, -0.2) is 58.6 Å². The molecule has 0 saturated heterocycles. The molecule has 0 spiro atoms. The average molecular weight is 575 g/mol. The molecule has 12 heteroatoms. The van der Waals surface area contributed by atoms with Gasteiger partial charge in [0.15, 0.2) is 22.9 Å². The monoisotopic (exact) mass is 574 g/mol. The van der Waals surface area contributed by atoms with Crippen molar-refractivity contribution < 1.29 is 0 Å². The number of hydrogen-bond acceptors (Lipinski definition) is 10. The first kappa shape index (κ1) is 24.5. The quantitative estimate of drug-likeness (QED) is 0.298. The Morgan fingerprint density at radius 2 is 0.864 bits per heavy atom. The van der Waals surface area contributed by atoms with Crippen LogP contribution in [0.2, 0.25) is 0 Å².